The van der Waals surface area contributed by atoms with E-state index >= 15 is 0 Å². The lowest BCUT2D eigenvalue weighted by Gasteiger charge is -2.36. The summed E-state index contributed by atoms with van der Waals surface area (Å²) < 4.78 is 5.99. The van der Waals surface area contributed by atoms with Crippen LogP contribution in [-0.2, 0) is 19.7 Å². The van der Waals surface area contributed by atoms with Crippen LogP contribution in [-0.4, -0.2) is 25.3 Å². The summed E-state index contributed by atoms with van der Waals surface area (Å²) in [7, 11) is 1.83. The highest BCUT2D eigenvalue weighted by molar-refractivity contribution is 6.15. The van der Waals surface area contributed by atoms with Crippen molar-refractivity contribution in [2.45, 2.75) is 31.1 Å². The number of nitrogens with zero attached hydrogens (tertiary/aromatic N) is 1. The van der Waals surface area contributed by atoms with E-state index in [4.69, 9.17) is 4.74 Å². The number of carbonyl (C=O) groups is 2. The molecule has 0 fully saturated rings. The van der Waals surface area contributed by atoms with E-state index in [0.717, 1.165) is 46.2 Å². The first kappa shape index (κ1) is 14.7. The molecule has 0 radical (unpaired) electrons. The summed E-state index contributed by atoms with van der Waals surface area (Å²) in [5.74, 6) is 0.986. The number of ketones is 1. The maximum atomic E-state index is 13.3. The fourth-order valence-electron chi connectivity index (χ4n) is 4.64. The molecule has 1 amide bonds. The number of fused-ring (bicyclic) bond motifs is 4. The van der Waals surface area contributed by atoms with Gasteiger partial charge in [-0.25, -0.2) is 0 Å². The summed E-state index contributed by atoms with van der Waals surface area (Å²) >= 11 is 0. The van der Waals surface area contributed by atoms with Gasteiger partial charge in [0.2, 0.25) is 5.91 Å². The number of likely N-dealkylation sites (N-methyl/N-ethyl adjacent to an activating group) is 1. The molecule has 1 spiro atoms. The highest BCUT2D eigenvalue weighted by Gasteiger charge is 2.54. The van der Waals surface area contributed by atoms with E-state index in [1.165, 1.54) is 0 Å². The maximum Gasteiger partial charge on any atom is 0.241 e. The Labute approximate surface area is 146 Å². The lowest BCUT2D eigenvalue weighted by Crippen LogP contribution is -2.46. The quantitative estimate of drug-likeness (QED) is 0.741. The van der Waals surface area contributed by atoms with Crippen LogP contribution in [0.2, 0.25) is 0 Å². The van der Waals surface area contributed by atoms with Gasteiger partial charge < -0.3 is 9.64 Å². The van der Waals surface area contributed by atoms with Crippen molar-refractivity contribution in [1.29, 1.82) is 0 Å². The highest BCUT2D eigenvalue weighted by atomic mass is 16.5. The molecule has 0 N–H and O–H groups in total. The van der Waals surface area contributed by atoms with Gasteiger partial charge in [-0.1, -0.05) is 36.4 Å². The Morgan fingerprint density at radius 3 is 2.80 bits per heavy atom. The molecule has 0 aromatic heterocycles. The summed E-state index contributed by atoms with van der Waals surface area (Å²) in [6.07, 6.45) is 2.69. The standard InChI is InChI=1S/C21H19NO3/c1-22-19-14-6-3-2-5-13(14)9-10-16(19)21(20(22)24)11-15-17(23)7-4-8-18(15)25-12-21/h2-3,5-6,9-10H,4,7-8,11-12H2,1H3. The first-order chi connectivity index (χ1) is 12.1. The summed E-state index contributed by atoms with van der Waals surface area (Å²) in [6.45, 7) is 0.327. The lowest BCUT2D eigenvalue weighted by molar-refractivity contribution is -0.126. The van der Waals surface area contributed by atoms with E-state index in [0.29, 0.717) is 19.4 Å². The minimum absolute atomic E-state index is 0.0313. The van der Waals surface area contributed by atoms with E-state index in [1.807, 2.05) is 25.2 Å². The minimum atomic E-state index is -0.764. The highest BCUT2D eigenvalue weighted by Crippen LogP contribution is 2.51. The van der Waals surface area contributed by atoms with Crippen LogP contribution in [0.25, 0.3) is 10.8 Å². The predicted octanol–water partition coefficient (Wildman–Crippen LogP) is 3.48. The van der Waals surface area contributed by atoms with Crippen molar-refractivity contribution in [1.82, 2.24) is 0 Å². The average molecular weight is 333 g/mol. The first-order valence-electron chi connectivity index (χ1n) is 8.80. The van der Waals surface area contributed by atoms with Crippen molar-refractivity contribution >= 4 is 28.2 Å². The molecule has 4 heteroatoms. The fraction of sp³-hybridized carbons (Fsp3) is 0.333. The van der Waals surface area contributed by atoms with E-state index in [1.54, 1.807) is 4.90 Å². The number of rotatable bonds is 0. The lowest BCUT2D eigenvalue weighted by atomic mass is 9.72. The Balaban J connectivity index is 1.72. The van der Waals surface area contributed by atoms with Gasteiger partial charge in [0.05, 0.1) is 5.69 Å². The Kier molecular flexibility index (Phi) is 2.91. The first-order valence-corrected chi connectivity index (χ1v) is 8.80. The molecule has 3 aliphatic rings. The van der Waals surface area contributed by atoms with Crippen LogP contribution in [0.5, 0.6) is 0 Å². The minimum Gasteiger partial charge on any atom is -0.496 e. The van der Waals surface area contributed by atoms with Crippen LogP contribution in [0.4, 0.5) is 5.69 Å². The summed E-state index contributed by atoms with van der Waals surface area (Å²) in [4.78, 5) is 27.4. The van der Waals surface area contributed by atoms with E-state index in [-0.39, 0.29) is 11.7 Å². The molecule has 2 aromatic carbocycles. The van der Waals surface area contributed by atoms with Gasteiger partial charge in [-0.2, -0.15) is 0 Å². The number of allylic oxidation sites excluding steroid dienone is 2. The van der Waals surface area contributed by atoms with Gasteiger partial charge in [-0.15, -0.1) is 0 Å². The maximum absolute atomic E-state index is 13.3. The number of carbonyl (C=O) groups excluding carboxylic acids is 2. The van der Waals surface area contributed by atoms with Gasteiger partial charge in [0, 0.05) is 37.3 Å². The summed E-state index contributed by atoms with van der Waals surface area (Å²) in [5, 5.41) is 2.19. The van der Waals surface area contributed by atoms with Gasteiger partial charge in [0.15, 0.2) is 5.78 Å². The van der Waals surface area contributed by atoms with Crippen LogP contribution in [0, 0.1) is 0 Å². The van der Waals surface area contributed by atoms with Crippen molar-refractivity contribution in [3.8, 4) is 0 Å². The number of hydrogen-bond donors (Lipinski definition) is 0. The predicted molar refractivity (Wildman–Crippen MR) is 95.5 cm³/mol. The van der Waals surface area contributed by atoms with Gasteiger partial charge in [-0.05, 0) is 17.4 Å². The van der Waals surface area contributed by atoms with Crippen LogP contribution in [0.1, 0.15) is 31.2 Å². The second kappa shape index (κ2) is 4.94. The molecule has 2 aromatic rings. The zero-order chi connectivity index (χ0) is 17.2. The fourth-order valence-corrected chi connectivity index (χ4v) is 4.64. The number of ether oxygens (including phenoxy) is 1. The second-order valence-corrected chi connectivity index (χ2v) is 7.27. The molecule has 25 heavy (non-hydrogen) atoms. The number of hydrogen-bond acceptors (Lipinski definition) is 3. The van der Waals surface area contributed by atoms with Gasteiger partial charge in [0.1, 0.15) is 17.8 Å². The van der Waals surface area contributed by atoms with Crippen LogP contribution in [0.3, 0.4) is 0 Å². The van der Waals surface area contributed by atoms with Gasteiger partial charge in [0.25, 0.3) is 0 Å². The molecule has 2 aliphatic heterocycles. The van der Waals surface area contributed by atoms with E-state index < -0.39 is 5.41 Å². The number of anilines is 1. The SMILES string of the molecule is CN1C(=O)C2(COC3=C(C2)C(=O)CCC3)c2ccc3ccccc3c21. The molecule has 5 rings (SSSR count). The Morgan fingerprint density at radius 1 is 1.08 bits per heavy atom. The van der Waals surface area contributed by atoms with Crippen molar-refractivity contribution in [2.75, 3.05) is 18.6 Å². The Hall–Kier alpha value is -2.62. The van der Waals surface area contributed by atoms with Gasteiger partial charge in [-0.3, -0.25) is 9.59 Å². The monoisotopic (exact) mass is 333 g/mol. The van der Waals surface area contributed by atoms with Crippen LogP contribution >= 0.6 is 0 Å². The summed E-state index contributed by atoms with van der Waals surface area (Å²) in [5.41, 5.74) is 1.92. The van der Waals surface area contributed by atoms with E-state index in [9.17, 15) is 9.59 Å². The topological polar surface area (TPSA) is 46.6 Å². The van der Waals surface area contributed by atoms with Crippen molar-refractivity contribution in [2.24, 2.45) is 0 Å². The van der Waals surface area contributed by atoms with Crippen LogP contribution < -0.4 is 4.90 Å². The molecule has 1 aliphatic carbocycles. The number of Topliss-reactive ketones (excluding diaryl/α,β-unsaturated/α-hetero) is 1. The average Bonchev–Trinajstić information content (AvgIpc) is 2.85. The van der Waals surface area contributed by atoms with Crippen molar-refractivity contribution < 1.29 is 14.3 Å². The molecule has 126 valence electrons. The molecule has 0 saturated carbocycles. The number of benzene rings is 2. The van der Waals surface area contributed by atoms with Crippen molar-refractivity contribution in [3.05, 3.63) is 53.3 Å². The molecule has 0 saturated heterocycles. The third-order valence-corrected chi connectivity index (χ3v) is 5.92. The normalized spacial score (nSPS) is 25.4. The molecule has 0 bridgehead atoms. The number of amides is 1. The molecule has 1 unspecified atom stereocenters. The van der Waals surface area contributed by atoms with Crippen molar-refractivity contribution in [3.63, 3.8) is 0 Å². The molecular formula is C21H19NO3. The molecule has 1 atom stereocenters. The van der Waals surface area contributed by atoms with Crippen LogP contribution in [0.15, 0.2) is 47.7 Å². The smallest absolute Gasteiger partial charge is 0.241 e. The molecule has 2 heterocycles. The third kappa shape index (κ3) is 1.82. The summed E-state index contributed by atoms with van der Waals surface area (Å²) in [6, 6.07) is 12.2. The zero-order valence-corrected chi connectivity index (χ0v) is 14.2. The molecular weight excluding hydrogens is 314 g/mol. The molecule has 4 nitrogen and oxygen atoms in total. The Morgan fingerprint density at radius 2 is 1.92 bits per heavy atom. The third-order valence-electron chi connectivity index (χ3n) is 5.92. The second-order valence-electron chi connectivity index (χ2n) is 7.27. The van der Waals surface area contributed by atoms with E-state index in [2.05, 4.69) is 18.2 Å². The zero-order valence-electron chi connectivity index (χ0n) is 14.2. The van der Waals surface area contributed by atoms with Gasteiger partial charge >= 0.3 is 0 Å². The Bertz CT molecular complexity index is 974. The largest absolute Gasteiger partial charge is 0.496 e.